The maximum atomic E-state index is 11.8. The Balaban J connectivity index is 2.45. The van der Waals surface area contributed by atoms with Crippen LogP contribution in [0.5, 0.6) is 0 Å². The van der Waals surface area contributed by atoms with Gasteiger partial charge in [0.2, 0.25) is 5.91 Å². The first-order valence-electron chi connectivity index (χ1n) is 6.80. The average Bonchev–Trinajstić information content (AvgIpc) is 2.45. The molecule has 0 atom stereocenters. The Morgan fingerprint density at radius 2 is 2.00 bits per heavy atom. The summed E-state index contributed by atoms with van der Waals surface area (Å²) in [5.74, 6) is -0.0156. The van der Waals surface area contributed by atoms with Crippen molar-refractivity contribution >= 4 is 11.5 Å². The van der Waals surface area contributed by atoms with Gasteiger partial charge in [-0.3, -0.25) is 4.79 Å². The van der Waals surface area contributed by atoms with Crippen LogP contribution in [0.15, 0.2) is 36.4 Å². The van der Waals surface area contributed by atoms with Crippen LogP contribution in [0.2, 0.25) is 0 Å². The first kappa shape index (κ1) is 15.4. The van der Waals surface area contributed by atoms with Crippen molar-refractivity contribution in [3.05, 3.63) is 42.0 Å². The van der Waals surface area contributed by atoms with Crippen LogP contribution in [0, 0.1) is 0 Å². The standard InChI is InChI=1S/C16H23NO2/c1-3-14(15-9-5-4-6-10-15)13-16(18)17-11-7-8-12-19-2/h4-6,9-10,13H,3,7-8,11-12H2,1-2H3,(H,17,18)/b14-13+. The molecule has 0 unspecified atom stereocenters. The third kappa shape index (κ3) is 6.20. The number of rotatable bonds is 8. The number of carbonyl (C=O) groups is 1. The van der Waals surface area contributed by atoms with Gasteiger partial charge in [-0.15, -0.1) is 0 Å². The summed E-state index contributed by atoms with van der Waals surface area (Å²) in [4.78, 5) is 11.8. The zero-order valence-electron chi connectivity index (χ0n) is 11.8. The number of nitrogens with one attached hydrogen (secondary N) is 1. The van der Waals surface area contributed by atoms with Crippen molar-refractivity contribution in [1.29, 1.82) is 0 Å². The molecule has 0 aliphatic rings. The monoisotopic (exact) mass is 261 g/mol. The highest BCUT2D eigenvalue weighted by molar-refractivity contribution is 5.95. The molecule has 0 fully saturated rings. The van der Waals surface area contributed by atoms with Gasteiger partial charge in [0.15, 0.2) is 0 Å². The lowest BCUT2D eigenvalue weighted by Gasteiger charge is -2.06. The van der Waals surface area contributed by atoms with Gasteiger partial charge in [-0.05, 0) is 30.4 Å². The van der Waals surface area contributed by atoms with Crippen molar-refractivity contribution < 1.29 is 9.53 Å². The highest BCUT2D eigenvalue weighted by atomic mass is 16.5. The molecule has 19 heavy (non-hydrogen) atoms. The van der Waals surface area contributed by atoms with Gasteiger partial charge in [0.05, 0.1) is 0 Å². The Bertz CT molecular complexity index is 398. The van der Waals surface area contributed by atoms with Gasteiger partial charge in [-0.2, -0.15) is 0 Å². The van der Waals surface area contributed by atoms with E-state index in [9.17, 15) is 4.79 Å². The van der Waals surface area contributed by atoms with Gasteiger partial charge in [-0.25, -0.2) is 0 Å². The Morgan fingerprint density at radius 1 is 1.26 bits per heavy atom. The summed E-state index contributed by atoms with van der Waals surface area (Å²) in [6.45, 7) is 3.51. The van der Waals surface area contributed by atoms with Crippen LogP contribution in [0.4, 0.5) is 0 Å². The van der Waals surface area contributed by atoms with E-state index in [4.69, 9.17) is 4.74 Å². The Labute approximate surface area is 115 Å². The minimum absolute atomic E-state index is 0.0156. The summed E-state index contributed by atoms with van der Waals surface area (Å²) in [7, 11) is 1.69. The molecular formula is C16H23NO2. The Morgan fingerprint density at radius 3 is 2.63 bits per heavy atom. The average molecular weight is 261 g/mol. The normalized spacial score (nSPS) is 11.4. The van der Waals surface area contributed by atoms with E-state index in [0.717, 1.165) is 37.0 Å². The molecule has 0 heterocycles. The number of unbranched alkanes of at least 4 members (excludes halogenated alkanes) is 1. The largest absolute Gasteiger partial charge is 0.385 e. The zero-order valence-corrected chi connectivity index (χ0v) is 11.8. The molecule has 0 aliphatic heterocycles. The third-order valence-corrected chi connectivity index (χ3v) is 2.91. The summed E-state index contributed by atoms with van der Waals surface area (Å²) >= 11 is 0. The number of hydrogen-bond acceptors (Lipinski definition) is 2. The predicted molar refractivity (Wildman–Crippen MR) is 78.8 cm³/mol. The molecule has 1 aromatic carbocycles. The van der Waals surface area contributed by atoms with Crippen LogP contribution < -0.4 is 5.32 Å². The number of benzene rings is 1. The van der Waals surface area contributed by atoms with Crippen LogP contribution in [0.25, 0.3) is 5.57 Å². The number of ether oxygens (including phenoxy) is 1. The molecule has 0 aromatic heterocycles. The fraction of sp³-hybridized carbons (Fsp3) is 0.438. The van der Waals surface area contributed by atoms with Crippen molar-refractivity contribution in [3.63, 3.8) is 0 Å². The molecule has 0 bridgehead atoms. The molecule has 1 rings (SSSR count). The van der Waals surface area contributed by atoms with E-state index >= 15 is 0 Å². The quantitative estimate of drug-likeness (QED) is 0.577. The minimum Gasteiger partial charge on any atom is -0.385 e. The topological polar surface area (TPSA) is 38.3 Å². The van der Waals surface area contributed by atoms with Crippen molar-refractivity contribution in [2.45, 2.75) is 26.2 Å². The fourth-order valence-electron chi connectivity index (χ4n) is 1.83. The van der Waals surface area contributed by atoms with E-state index in [1.165, 1.54) is 0 Å². The molecule has 0 spiro atoms. The maximum absolute atomic E-state index is 11.8. The van der Waals surface area contributed by atoms with Crippen molar-refractivity contribution in [3.8, 4) is 0 Å². The number of amides is 1. The summed E-state index contributed by atoms with van der Waals surface area (Å²) < 4.78 is 4.96. The predicted octanol–water partition coefficient (Wildman–Crippen LogP) is 3.02. The van der Waals surface area contributed by atoms with Gasteiger partial charge in [0.25, 0.3) is 0 Å². The Hall–Kier alpha value is -1.61. The van der Waals surface area contributed by atoms with E-state index in [2.05, 4.69) is 12.2 Å². The zero-order chi connectivity index (χ0) is 13.9. The van der Waals surface area contributed by atoms with E-state index in [1.54, 1.807) is 13.2 Å². The van der Waals surface area contributed by atoms with Gasteiger partial charge < -0.3 is 10.1 Å². The van der Waals surface area contributed by atoms with Gasteiger partial charge in [0, 0.05) is 26.3 Å². The highest BCUT2D eigenvalue weighted by Gasteiger charge is 2.02. The van der Waals surface area contributed by atoms with E-state index in [1.807, 2.05) is 30.3 Å². The lowest BCUT2D eigenvalue weighted by atomic mass is 10.0. The number of carbonyl (C=O) groups excluding carboxylic acids is 1. The minimum atomic E-state index is -0.0156. The van der Waals surface area contributed by atoms with Gasteiger partial charge >= 0.3 is 0 Å². The molecule has 0 radical (unpaired) electrons. The molecule has 1 amide bonds. The lowest BCUT2D eigenvalue weighted by molar-refractivity contribution is -0.116. The van der Waals surface area contributed by atoms with Gasteiger partial charge in [-0.1, -0.05) is 37.3 Å². The second kappa shape index (κ2) is 9.34. The summed E-state index contributed by atoms with van der Waals surface area (Å²) in [5, 5.41) is 2.91. The smallest absolute Gasteiger partial charge is 0.244 e. The second-order valence-electron chi connectivity index (χ2n) is 4.38. The first-order valence-corrected chi connectivity index (χ1v) is 6.80. The molecule has 0 aliphatic carbocycles. The Kier molecular flexibility index (Phi) is 7.59. The molecule has 3 nitrogen and oxygen atoms in total. The number of allylic oxidation sites excluding steroid dienone is 1. The summed E-state index contributed by atoms with van der Waals surface area (Å²) in [6.07, 6.45) is 4.47. The second-order valence-corrected chi connectivity index (χ2v) is 4.38. The lowest BCUT2D eigenvalue weighted by Crippen LogP contribution is -2.22. The van der Waals surface area contributed by atoms with Crippen molar-refractivity contribution in [1.82, 2.24) is 5.32 Å². The molecule has 0 saturated heterocycles. The van der Waals surface area contributed by atoms with Crippen LogP contribution in [0.3, 0.4) is 0 Å². The van der Waals surface area contributed by atoms with E-state index in [0.29, 0.717) is 6.54 Å². The third-order valence-electron chi connectivity index (χ3n) is 2.91. The van der Waals surface area contributed by atoms with Crippen LogP contribution in [0.1, 0.15) is 31.7 Å². The molecular weight excluding hydrogens is 238 g/mol. The molecule has 0 saturated carbocycles. The number of hydrogen-bond donors (Lipinski definition) is 1. The fourth-order valence-corrected chi connectivity index (χ4v) is 1.83. The van der Waals surface area contributed by atoms with Crippen LogP contribution >= 0.6 is 0 Å². The van der Waals surface area contributed by atoms with E-state index in [-0.39, 0.29) is 5.91 Å². The molecule has 104 valence electrons. The maximum Gasteiger partial charge on any atom is 0.244 e. The summed E-state index contributed by atoms with van der Waals surface area (Å²) in [5.41, 5.74) is 2.18. The van der Waals surface area contributed by atoms with Crippen LogP contribution in [-0.4, -0.2) is 26.2 Å². The van der Waals surface area contributed by atoms with E-state index < -0.39 is 0 Å². The molecule has 3 heteroatoms. The molecule has 1 N–H and O–H groups in total. The van der Waals surface area contributed by atoms with Gasteiger partial charge in [0.1, 0.15) is 0 Å². The van der Waals surface area contributed by atoms with Crippen molar-refractivity contribution in [2.75, 3.05) is 20.3 Å². The molecule has 1 aromatic rings. The first-order chi connectivity index (χ1) is 9.27. The highest BCUT2D eigenvalue weighted by Crippen LogP contribution is 2.16. The van der Waals surface area contributed by atoms with Crippen molar-refractivity contribution in [2.24, 2.45) is 0 Å². The SMILES string of the molecule is CC/C(=C\C(=O)NCCCCOC)c1ccccc1. The number of methoxy groups -OCH3 is 1. The van der Waals surface area contributed by atoms with Crippen LogP contribution in [-0.2, 0) is 9.53 Å². The summed E-state index contributed by atoms with van der Waals surface area (Å²) in [6, 6.07) is 10.0.